The Morgan fingerprint density at radius 3 is 2.46 bits per heavy atom. The fourth-order valence-electron chi connectivity index (χ4n) is 3.47. The number of aliphatic hydroxyl groups excluding tert-OH is 1. The van der Waals surface area contributed by atoms with Gasteiger partial charge in [0.25, 0.3) is 0 Å². The number of ether oxygens (including phenoxy) is 1. The van der Waals surface area contributed by atoms with Gasteiger partial charge in [-0.2, -0.15) is 0 Å². The smallest absolute Gasteiger partial charge is 0.411 e. The molecule has 2 aliphatic heterocycles. The highest BCUT2D eigenvalue weighted by Gasteiger charge is 2.57. The number of aliphatic hydroxyl groups is 1. The first-order chi connectivity index (χ1) is 11.0. The van der Waals surface area contributed by atoms with Crippen molar-refractivity contribution in [1.82, 2.24) is 9.80 Å². The van der Waals surface area contributed by atoms with Gasteiger partial charge in [0, 0.05) is 13.1 Å². The van der Waals surface area contributed by atoms with E-state index in [4.69, 9.17) is 10.5 Å². The minimum atomic E-state index is -1.28. The molecule has 2 saturated heterocycles. The number of primary amides is 1. The van der Waals surface area contributed by atoms with Crippen LogP contribution in [-0.2, 0) is 14.3 Å². The third kappa shape index (κ3) is 3.05. The molecule has 0 saturated carbocycles. The van der Waals surface area contributed by atoms with Gasteiger partial charge in [-0.1, -0.05) is 6.58 Å². The van der Waals surface area contributed by atoms with E-state index in [1.54, 1.807) is 20.8 Å². The lowest BCUT2D eigenvalue weighted by molar-refractivity contribution is -0.142. The lowest BCUT2D eigenvalue weighted by Gasteiger charge is -2.35. The second kappa shape index (κ2) is 5.99. The molecule has 3 amide bonds. The summed E-state index contributed by atoms with van der Waals surface area (Å²) in [5.41, 5.74) is 3.58. The molecule has 2 heterocycles. The summed E-state index contributed by atoms with van der Waals surface area (Å²) in [6, 6.07) is -1.28. The van der Waals surface area contributed by atoms with Crippen LogP contribution in [0.1, 0.15) is 40.0 Å². The molecule has 3 N–H and O–H groups in total. The average molecular weight is 339 g/mol. The number of nitrogens with zero attached hydrogens (tertiary/aromatic N) is 2. The fourth-order valence-corrected chi connectivity index (χ4v) is 3.47. The molecule has 2 rings (SSSR count). The van der Waals surface area contributed by atoms with Gasteiger partial charge in [0.1, 0.15) is 16.9 Å². The number of likely N-dealkylation sites (tertiary alicyclic amines) is 2. The fraction of sp³-hybridized carbons (Fsp3) is 0.688. The van der Waals surface area contributed by atoms with Crippen LogP contribution in [0.4, 0.5) is 4.79 Å². The second-order valence-electron chi connectivity index (χ2n) is 7.31. The van der Waals surface area contributed by atoms with Crippen molar-refractivity contribution in [3.63, 3.8) is 0 Å². The van der Waals surface area contributed by atoms with Crippen molar-refractivity contribution in [3.8, 4) is 0 Å². The van der Waals surface area contributed by atoms with Crippen molar-refractivity contribution in [2.24, 2.45) is 5.73 Å². The van der Waals surface area contributed by atoms with Crippen LogP contribution in [0.5, 0.6) is 0 Å². The lowest BCUT2D eigenvalue weighted by Crippen LogP contribution is -2.56. The van der Waals surface area contributed by atoms with Crippen LogP contribution in [0.2, 0.25) is 0 Å². The van der Waals surface area contributed by atoms with E-state index in [2.05, 4.69) is 6.58 Å². The maximum atomic E-state index is 13.0. The summed E-state index contributed by atoms with van der Waals surface area (Å²) in [4.78, 5) is 39.7. The number of amides is 3. The van der Waals surface area contributed by atoms with E-state index in [0.717, 1.165) is 0 Å². The van der Waals surface area contributed by atoms with Gasteiger partial charge in [-0.25, -0.2) is 4.79 Å². The Labute approximate surface area is 141 Å². The molecule has 0 aromatic rings. The Hall–Kier alpha value is -2.25. The average Bonchev–Trinajstić information content (AvgIpc) is 2.96. The van der Waals surface area contributed by atoms with E-state index in [0.29, 0.717) is 25.8 Å². The predicted octanol–water partition coefficient (Wildman–Crippen LogP) is 0.914. The summed E-state index contributed by atoms with van der Waals surface area (Å²) in [5, 5.41) is 9.63. The summed E-state index contributed by atoms with van der Waals surface area (Å²) < 4.78 is 5.41. The van der Waals surface area contributed by atoms with Crippen molar-refractivity contribution in [3.05, 3.63) is 12.3 Å². The van der Waals surface area contributed by atoms with Gasteiger partial charge in [-0.15, -0.1) is 0 Å². The first kappa shape index (κ1) is 18.1. The number of carbonyl (C=O) groups excluding carboxylic acids is 3. The molecule has 1 unspecified atom stereocenters. The van der Waals surface area contributed by atoms with Crippen LogP contribution in [0.25, 0.3) is 0 Å². The quantitative estimate of drug-likeness (QED) is 0.742. The monoisotopic (exact) mass is 339 g/mol. The lowest BCUT2D eigenvalue weighted by atomic mass is 9.94. The van der Waals surface area contributed by atoms with Crippen molar-refractivity contribution in [2.45, 2.75) is 57.2 Å². The molecule has 134 valence electrons. The molecule has 2 atom stereocenters. The normalized spacial score (nSPS) is 25.2. The summed E-state index contributed by atoms with van der Waals surface area (Å²) in [5.74, 6) is -1.73. The van der Waals surface area contributed by atoms with E-state index in [-0.39, 0.29) is 6.54 Å². The van der Waals surface area contributed by atoms with Crippen LogP contribution in [-0.4, -0.2) is 63.1 Å². The molecule has 1 spiro atoms. The molecule has 24 heavy (non-hydrogen) atoms. The van der Waals surface area contributed by atoms with E-state index in [9.17, 15) is 19.5 Å². The molecule has 0 aromatic carbocycles. The van der Waals surface area contributed by atoms with Crippen molar-refractivity contribution in [2.75, 3.05) is 13.1 Å². The SMILES string of the molecule is C=C(O)[C@@H](C(N)=O)N1CCC2(CCCN2C(=O)OC(C)(C)C)C1=O. The Bertz CT molecular complexity index is 569. The number of rotatable bonds is 3. The van der Waals surface area contributed by atoms with Gasteiger partial charge >= 0.3 is 6.09 Å². The molecule has 8 heteroatoms. The number of hydrogen-bond donors (Lipinski definition) is 2. The summed E-state index contributed by atoms with van der Waals surface area (Å²) in [6.45, 7) is 9.23. The molecular weight excluding hydrogens is 314 g/mol. The zero-order valence-corrected chi connectivity index (χ0v) is 14.4. The molecule has 0 aromatic heterocycles. The van der Waals surface area contributed by atoms with Crippen LogP contribution < -0.4 is 5.73 Å². The first-order valence-corrected chi connectivity index (χ1v) is 7.98. The van der Waals surface area contributed by atoms with Gasteiger partial charge in [-0.3, -0.25) is 14.5 Å². The second-order valence-corrected chi connectivity index (χ2v) is 7.31. The zero-order valence-electron chi connectivity index (χ0n) is 14.4. The minimum Gasteiger partial charge on any atom is -0.510 e. The van der Waals surface area contributed by atoms with Crippen LogP contribution in [0, 0.1) is 0 Å². The van der Waals surface area contributed by atoms with Gasteiger partial charge in [0.15, 0.2) is 6.04 Å². The van der Waals surface area contributed by atoms with Crippen molar-refractivity contribution in [1.29, 1.82) is 0 Å². The molecule has 0 radical (unpaired) electrons. The largest absolute Gasteiger partial charge is 0.510 e. The summed E-state index contributed by atoms with van der Waals surface area (Å²) >= 11 is 0. The maximum absolute atomic E-state index is 13.0. The summed E-state index contributed by atoms with van der Waals surface area (Å²) in [7, 11) is 0. The first-order valence-electron chi connectivity index (χ1n) is 7.98. The number of carbonyl (C=O) groups is 3. The zero-order chi connectivity index (χ0) is 18.3. The van der Waals surface area contributed by atoms with E-state index < -0.39 is 40.8 Å². The Morgan fingerprint density at radius 1 is 1.33 bits per heavy atom. The van der Waals surface area contributed by atoms with Crippen LogP contribution in [0.15, 0.2) is 12.3 Å². The third-order valence-corrected chi connectivity index (χ3v) is 4.42. The van der Waals surface area contributed by atoms with E-state index >= 15 is 0 Å². The van der Waals surface area contributed by atoms with E-state index in [1.807, 2.05) is 0 Å². The van der Waals surface area contributed by atoms with Crippen LogP contribution >= 0.6 is 0 Å². The minimum absolute atomic E-state index is 0.214. The van der Waals surface area contributed by atoms with Gasteiger partial charge in [0.05, 0.1) is 0 Å². The highest BCUT2D eigenvalue weighted by molar-refractivity contribution is 5.96. The molecule has 0 aliphatic carbocycles. The van der Waals surface area contributed by atoms with Crippen molar-refractivity contribution < 1.29 is 24.2 Å². The maximum Gasteiger partial charge on any atom is 0.411 e. The molecular formula is C16H25N3O5. The van der Waals surface area contributed by atoms with Gasteiger partial charge in [0.2, 0.25) is 11.8 Å². The molecule has 2 aliphatic rings. The Balaban J connectivity index is 2.27. The van der Waals surface area contributed by atoms with Gasteiger partial charge in [-0.05, 0) is 40.0 Å². The van der Waals surface area contributed by atoms with E-state index in [1.165, 1.54) is 9.80 Å². The molecule has 8 nitrogen and oxygen atoms in total. The highest BCUT2D eigenvalue weighted by atomic mass is 16.6. The number of nitrogens with two attached hydrogens (primary N) is 1. The molecule has 0 bridgehead atoms. The number of hydrogen-bond acceptors (Lipinski definition) is 5. The van der Waals surface area contributed by atoms with Crippen LogP contribution in [0.3, 0.4) is 0 Å². The van der Waals surface area contributed by atoms with Gasteiger partial charge < -0.3 is 20.5 Å². The highest BCUT2D eigenvalue weighted by Crippen LogP contribution is 2.40. The standard InChI is InChI=1S/C16H25N3O5/c1-10(20)11(12(17)21)18-9-7-16(13(18)22)6-5-8-19(16)14(23)24-15(2,3)4/h11,20H,1,5-9H2,2-4H3,(H2,17,21)/t11-,16?/m0/s1. The topological polar surface area (TPSA) is 113 Å². The third-order valence-electron chi connectivity index (χ3n) is 4.42. The predicted molar refractivity (Wildman–Crippen MR) is 86.0 cm³/mol. The Kier molecular flexibility index (Phi) is 4.52. The Morgan fingerprint density at radius 2 is 1.96 bits per heavy atom. The molecule has 2 fully saturated rings. The van der Waals surface area contributed by atoms with Crippen molar-refractivity contribution >= 4 is 17.9 Å². The summed E-state index contributed by atoms with van der Waals surface area (Å²) in [6.07, 6.45) is 0.974.